The van der Waals surface area contributed by atoms with Gasteiger partial charge in [0.2, 0.25) is 0 Å². The topological polar surface area (TPSA) is 85.6 Å². The molecule has 1 aliphatic carbocycles. The summed E-state index contributed by atoms with van der Waals surface area (Å²) < 4.78 is 5.88. The number of aromatic nitrogens is 1. The number of fused-ring (bicyclic) bond motifs is 1. The van der Waals surface area contributed by atoms with E-state index in [2.05, 4.69) is 4.74 Å². The third-order valence-electron chi connectivity index (χ3n) is 3.33. The molecular weight excluding hydrogens is 250 g/mol. The molecule has 19 heavy (non-hydrogen) atoms. The van der Waals surface area contributed by atoms with Crippen molar-refractivity contribution < 1.29 is 19.4 Å². The second-order valence-electron chi connectivity index (χ2n) is 4.54. The minimum atomic E-state index is -1.37. The minimum absolute atomic E-state index is 0.0391. The van der Waals surface area contributed by atoms with Crippen molar-refractivity contribution in [3.8, 4) is 0 Å². The molecule has 6 heteroatoms. The lowest BCUT2D eigenvalue weighted by Crippen LogP contribution is -2.29. The Kier molecular flexibility index (Phi) is 3.69. The molecule has 0 aliphatic heterocycles. The molecule has 0 saturated carbocycles. The summed E-state index contributed by atoms with van der Waals surface area (Å²) in [7, 11) is 1.64. The van der Waals surface area contributed by atoms with Crippen molar-refractivity contribution in [1.82, 2.24) is 4.57 Å². The van der Waals surface area contributed by atoms with E-state index in [9.17, 15) is 14.4 Å². The Morgan fingerprint density at radius 1 is 1.42 bits per heavy atom. The molecule has 2 rings (SSSR count). The average molecular weight is 265 g/mol. The Hall–Kier alpha value is -2.11. The molecule has 0 spiro atoms. The van der Waals surface area contributed by atoms with E-state index >= 15 is 0 Å². The molecule has 1 aromatic heterocycles. The van der Waals surface area contributed by atoms with Gasteiger partial charge in [-0.2, -0.15) is 0 Å². The fraction of sp³-hybridized carbons (Fsp3) is 0.462. The van der Waals surface area contributed by atoms with Gasteiger partial charge in [0, 0.05) is 36.7 Å². The van der Waals surface area contributed by atoms with Gasteiger partial charge in [0.05, 0.1) is 6.61 Å². The normalized spacial score (nSPS) is 14.1. The summed E-state index contributed by atoms with van der Waals surface area (Å²) in [5.41, 5.74) is 1.57. The molecule has 1 N–H and O–H groups in total. The van der Waals surface area contributed by atoms with E-state index in [1.165, 1.54) is 4.57 Å². The first-order chi connectivity index (χ1) is 9.00. The van der Waals surface area contributed by atoms with Gasteiger partial charge >= 0.3 is 6.16 Å². The van der Waals surface area contributed by atoms with Crippen molar-refractivity contribution in [1.29, 1.82) is 0 Å². The van der Waals surface area contributed by atoms with E-state index in [1.807, 2.05) is 0 Å². The zero-order chi connectivity index (χ0) is 14.0. The Morgan fingerprint density at radius 3 is 2.84 bits per heavy atom. The molecule has 0 amide bonds. The molecule has 0 saturated heterocycles. The van der Waals surface area contributed by atoms with Gasteiger partial charge in [-0.15, -0.1) is 0 Å². The summed E-state index contributed by atoms with van der Waals surface area (Å²) in [6.45, 7) is -0.0858. The number of Topliss-reactive ketones (excluding diaryl/α,β-unsaturated/α-hetero) is 1. The Bertz CT molecular complexity index is 587. The highest BCUT2D eigenvalue weighted by Gasteiger charge is 2.21. The Balaban J connectivity index is 2.32. The zero-order valence-electron chi connectivity index (χ0n) is 10.6. The number of ketones is 1. The maximum absolute atomic E-state index is 12.1. The van der Waals surface area contributed by atoms with Crippen LogP contribution in [-0.2, 0) is 24.6 Å². The number of hydrogen-bond donors (Lipinski definition) is 1. The van der Waals surface area contributed by atoms with Crippen LogP contribution in [-0.4, -0.2) is 28.2 Å². The number of carboxylic acid groups (broad SMARTS) is 1. The summed E-state index contributed by atoms with van der Waals surface area (Å²) in [6, 6.07) is 1.59. The van der Waals surface area contributed by atoms with Crippen molar-refractivity contribution in [2.75, 3.05) is 6.61 Å². The molecule has 102 valence electrons. The van der Waals surface area contributed by atoms with Crippen LogP contribution < -0.4 is 5.56 Å². The first-order valence-electron chi connectivity index (χ1n) is 6.11. The highest BCUT2D eigenvalue weighted by Crippen LogP contribution is 2.20. The number of hydrogen-bond acceptors (Lipinski definition) is 4. The van der Waals surface area contributed by atoms with Gasteiger partial charge in [-0.3, -0.25) is 9.59 Å². The molecule has 6 nitrogen and oxygen atoms in total. The van der Waals surface area contributed by atoms with Crippen LogP contribution in [0.1, 0.15) is 34.5 Å². The third-order valence-corrected chi connectivity index (χ3v) is 3.33. The van der Waals surface area contributed by atoms with Crippen LogP contribution in [0.4, 0.5) is 4.79 Å². The van der Waals surface area contributed by atoms with Gasteiger partial charge < -0.3 is 14.4 Å². The van der Waals surface area contributed by atoms with Crippen LogP contribution >= 0.6 is 0 Å². The van der Waals surface area contributed by atoms with Crippen LogP contribution in [0.25, 0.3) is 0 Å². The second kappa shape index (κ2) is 5.26. The maximum Gasteiger partial charge on any atom is 0.505 e. The predicted molar refractivity (Wildman–Crippen MR) is 66.6 cm³/mol. The Labute approximate surface area is 109 Å². The summed E-state index contributed by atoms with van der Waals surface area (Å²) in [6.07, 6.45) is 0.792. The monoisotopic (exact) mass is 265 g/mol. The number of pyridine rings is 1. The fourth-order valence-electron chi connectivity index (χ4n) is 2.36. The second-order valence-corrected chi connectivity index (χ2v) is 4.54. The van der Waals surface area contributed by atoms with Crippen molar-refractivity contribution in [3.63, 3.8) is 0 Å². The smallest absolute Gasteiger partial charge is 0.450 e. The van der Waals surface area contributed by atoms with Crippen LogP contribution in [0, 0.1) is 0 Å². The van der Waals surface area contributed by atoms with E-state index < -0.39 is 6.16 Å². The quantitative estimate of drug-likeness (QED) is 0.828. The lowest BCUT2D eigenvalue weighted by Gasteiger charge is -2.19. The summed E-state index contributed by atoms with van der Waals surface area (Å²) in [5, 5.41) is 8.39. The number of carbonyl (C=O) groups excluding carboxylic acids is 1. The van der Waals surface area contributed by atoms with E-state index in [4.69, 9.17) is 5.11 Å². The summed E-state index contributed by atoms with van der Waals surface area (Å²) >= 11 is 0. The largest absolute Gasteiger partial charge is 0.505 e. The van der Waals surface area contributed by atoms with Gasteiger partial charge in [-0.05, 0) is 18.9 Å². The highest BCUT2D eigenvalue weighted by molar-refractivity contribution is 5.98. The molecule has 0 bridgehead atoms. The molecule has 0 fully saturated rings. The molecule has 0 radical (unpaired) electrons. The third kappa shape index (κ3) is 2.67. The number of ether oxygens (including phenoxy) is 1. The van der Waals surface area contributed by atoms with E-state index in [0.717, 1.165) is 18.5 Å². The number of carbonyl (C=O) groups is 2. The van der Waals surface area contributed by atoms with Crippen molar-refractivity contribution >= 4 is 11.9 Å². The van der Waals surface area contributed by atoms with Crippen LogP contribution in [0.5, 0.6) is 0 Å². The first kappa shape index (κ1) is 13.3. The number of nitrogens with zero attached hydrogens (tertiary/aromatic N) is 1. The Morgan fingerprint density at radius 2 is 2.16 bits per heavy atom. The van der Waals surface area contributed by atoms with Gasteiger partial charge in [-0.25, -0.2) is 4.79 Å². The average Bonchev–Trinajstić information content (AvgIpc) is 2.36. The van der Waals surface area contributed by atoms with Crippen molar-refractivity contribution in [2.24, 2.45) is 7.05 Å². The molecule has 0 aromatic carbocycles. The van der Waals surface area contributed by atoms with Crippen molar-refractivity contribution in [2.45, 2.75) is 25.7 Å². The molecule has 1 heterocycles. The van der Waals surface area contributed by atoms with Crippen LogP contribution in [0.3, 0.4) is 0 Å². The first-order valence-corrected chi connectivity index (χ1v) is 6.11. The summed E-state index contributed by atoms with van der Waals surface area (Å²) in [5.74, 6) is 0.0391. The SMILES string of the molecule is Cn1c2c(cc(CCOC(=O)O)c1=O)C(=O)CCC2. The lowest BCUT2D eigenvalue weighted by atomic mass is 9.93. The van der Waals surface area contributed by atoms with E-state index in [-0.39, 0.29) is 24.4 Å². The number of rotatable bonds is 3. The molecular formula is C13H15NO5. The highest BCUT2D eigenvalue weighted by atomic mass is 16.7. The summed E-state index contributed by atoms with van der Waals surface area (Å²) in [4.78, 5) is 34.2. The minimum Gasteiger partial charge on any atom is -0.450 e. The predicted octanol–water partition coefficient (Wildman–Crippen LogP) is 1.14. The van der Waals surface area contributed by atoms with Crippen LogP contribution in [0.2, 0.25) is 0 Å². The molecule has 0 atom stereocenters. The van der Waals surface area contributed by atoms with Gasteiger partial charge in [0.25, 0.3) is 5.56 Å². The fourth-order valence-corrected chi connectivity index (χ4v) is 2.36. The van der Waals surface area contributed by atoms with E-state index in [0.29, 0.717) is 17.5 Å². The maximum atomic E-state index is 12.1. The van der Waals surface area contributed by atoms with Gasteiger partial charge in [-0.1, -0.05) is 0 Å². The zero-order valence-corrected chi connectivity index (χ0v) is 10.6. The lowest BCUT2D eigenvalue weighted by molar-refractivity contribution is 0.0920. The van der Waals surface area contributed by atoms with Crippen molar-refractivity contribution in [3.05, 3.63) is 33.2 Å². The standard InChI is InChI=1S/C13H15NO5/c1-14-10-3-2-4-11(15)9(10)7-8(12(14)16)5-6-19-13(17)18/h7H,2-6H2,1H3,(H,17,18). The molecule has 0 unspecified atom stereocenters. The van der Waals surface area contributed by atoms with E-state index in [1.54, 1.807) is 13.1 Å². The molecule has 1 aliphatic rings. The van der Waals surface area contributed by atoms with Crippen LogP contribution in [0.15, 0.2) is 10.9 Å². The van der Waals surface area contributed by atoms with Gasteiger partial charge in [0.1, 0.15) is 0 Å². The molecule has 1 aromatic rings. The van der Waals surface area contributed by atoms with Gasteiger partial charge in [0.15, 0.2) is 5.78 Å².